The Hall–Kier alpha value is -0.0400. The van der Waals surface area contributed by atoms with Crippen molar-refractivity contribution in [2.75, 3.05) is 0 Å². The maximum absolute atomic E-state index is 6.00. The fraction of sp³-hybridized carbons (Fsp3) is 1.00. The minimum absolute atomic E-state index is 0.413. The summed E-state index contributed by atoms with van der Waals surface area (Å²) in [5, 5.41) is 0. The Morgan fingerprint density at radius 1 is 1.23 bits per heavy atom. The van der Waals surface area contributed by atoms with Crippen molar-refractivity contribution in [1.29, 1.82) is 0 Å². The van der Waals surface area contributed by atoms with Crippen molar-refractivity contribution in [3.05, 3.63) is 0 Å². The summed E-state index contributed by atoms with van der Waals surface area (Å²) in [7, 11) is 0. The van der Waals surface area contributed by atoms with Crippen LogP contribution in [0.5, 0.6) is 0 Å². The van der Waals surface area contributed by atoms with Crippen LogP contribution in [-0.2, 0) is 4.74 Å². The van der Waals surface area contributed by atoms with Gasteiger partial charge >= 0.3 is 0 Å². The standard InChI is InChI=1S/C12H24O/c1-8(2)11-7-12(5,6)9(3)10(4)13-11/h8-11H,7H2,1-6H3/t9?,10-,11-/m1/s1. The minimum Gasteiger partial charge on any atom is -0.375 e. The first-order chi connectivity index (χ1) is 5.84. The Labute approximate surface area is 82.9 Å². The molecule has 1 nitrogen and oxygen atoms in total. The van der Waals surface area contributed by atoms with Crippen molar-refractivity contribution < 1.29 is 4.74 Å². The fourth-order valence-electron chi connectivity index (χ4n) is 2.17. The van der Waals surface area contributed by atoms with E-state index in [1.807, 2.05) is 0 Å². The van der Waals surface area contributed by atoms with Gasteiger partial charge in [-0.1, -0.05) is 34.6 Å². The normalized spacial score (nSPS) is 39.5. The largest absolute Gasteiger partial charge is 0.375 e. The van der Waals surface area contributed by atoms with Crippen LogP contribution >= 0.6 is 0 Å². The van der Waals surface area contributed by atoms with Crippen molar-refractivity contribution in [3.8, 4) is 0 Å². The molecule has 1 aliphatic heterocycles. The Balaban J connectivity index is 2.70. The van der Waals surface area contributed by atoms with Gasteiger partial charge in [0.1, 0.15) is 0 Å². The van der Waals surface area contributed by atoms with Crippen molar-refractivity contribution in [1.82, 2.24) is 0 Å². The van der Waals surface area contributed by atoms with Gasteiger partial charge in [-0.2, -0.15) is 0 Å². The predicted octanol–water partition coefficient (Wildman–Crippen LogP) is 3.48. The third kappa shape index (κ3) is 2.25. The number of rotatable bonds is 1. The molecule has 0 aromatic carbocycles. The smallest absolute Gasteiger partial charge is 0.0607 e. The molecule has 0 aromatic rings. The molecule has 0 bridgehead atoms. The van der Waals surface area contributed by atoms with Gasteiger partial charge < -0.3 is 4.74 Å². The van der Waals surface area contributed by atoms with Gasteiger partial charge in [0.2, 0.25) is 0 Å². The second kappa shape index (κ2) is 3.61. The molecule has 0 amide bonds. The first-order valence-electron chi connectivity index (χ1n) is 5.50. The summed E-state index contributed by atoms with van der Waals surface area (Å²) in [5.41, 5.74) is 0.437. The highest BCUT2D eigenvalue weighted by molar-refractivity contribution is 4.88. The van der Waals surface area contributed by atoms with Crippen LogP contribution in [0.1, 0.15) is 48.0 Å². The van der Waals surface area contributed by atoms with Crippen LogP contribution in [0.2, 0.25) is 0 Å². The van der Waals surface area contributed by atoms with E-state index in [9.17, 15) is 0 Å². The zero-order chi connectivity index (χ0) is 10.2. The van der Waals surface area contributed by atoms with Gasteiger partial charge in [0.15, 0.2) is 0 Å². The number of ether oxygens (including phenoxy) is 1. The average molecular weight is 184 g/mol. The van der Waals surface area contributed by atoms with E-state index in [2.05, 4.69) is 41.5 Å². The maximum Gasteiger partial charge on any atom is 0.0607 e. The molecule has 1 heteroatoms. The topological polar surface area (TPSA) is 9.23 Å². The van der Waals surface area contributed by atoms with E-state index in [4.69, 9.17) is 4.74 Å². The second-order valence-corrected chi connectivity index (χ2v) is 5.61. The van der Waals surface area contributed by atoms with E-state index < -0.39 is 0 Å². The SMILES string of the molecule is CC(C)[C@H]1CC(C)(C)C(C)[C@@H](C)O1. The average Bonchev–Trinajstić information content (AvgIpc) is 1.99. The Morgan fingerprint density at radius 2 is 1.77 bits per heavy atom. The number of hydrogen-bond acceptors (Lipinski definition) is 1. The third-order valence-corrected chi connectivity index (χ3v) is 3.80. The molecule has 0 aliphatic carbocycles. The summed E-state index contributed by atoms with van der Waals surface area (Å²) in [6, 6.07) is 0. The van der Waals surface area contributed by atoms with Crippen molar-refractivity contribution in [2.24, 2.45) is 17.3 Å². The molecule has 1 aliphatic rings. The van der Waals surface area contributed by atoms with Crippen LogP contribution < -0.4 is 0 Å². The third-order valence-electron chi connectivity index (χ3n) is 3.80. The monoisotopic (exact) mass is 184 g/mol. The summed E-state index contributed by atoms with van der Waals surface area (Å²) in [6.45, 7) is 13.8. The lowest BCUT2D eigenvalue weighted by molar-refractivity contribution is -0.138. The molecular formula is C12H24O. The molecule has 78 valence electrons. The molecule has 0 aromatic heterocycles. The highest BCUT2D eigenvalue weighted by atomic mass is 16.5. The lowest BCUT2D eigenvalue weighted by Crippen LogP contribution is -2.44. The molecule has 1 fully saturated rings. The Morgan fingerprint density at radius 3 is 2.15 bits per heavy atom. The molecule has 1 saturated heterocycles. The summed E-state index contributed by atoms with van der Waals surface area (Å²) in [5.74, 6) is 1.32. The molecule has 0 saturated carbocycles. The van der Waals surface area contributed by atoms with Crippen molar-refractivity contribution in [3.63, 3.8) is 0 Å². The summed E-state index contributed by atoms with van der Waals surface area (Å²) >= 11 is 0. The van der Waals surface area contributed by atoms with Gasteiger partial charge in [0.25, 0.3) is 0 Å². The second-order valence-electron chi connectivity index (χ2n) is 5.61. The molecule has 1 unspecified atom stereocenters. The molecule has 13 heavy (non-hydrogen) atoms. The Bertz CT molecular complexity index is 172. The van der Waals surface area contributed by atoms with E-state index in [0.717, 1.165) is 0 Å². The van der Waals surface area contributed by atoms with Crippen molar-refractivity contribution >= 4 is 0 Å². The molecule has 1 heterocycles. The lowest BCUT2D eigenvalue weighted by atomic mass is 9.70. The first kappa shape index (κ1) is 11.0. The molecule has 1 rings (SSSR count). The molecule has 3 atom stereocenters. The quantitative estimate of drug-likeness (QED) is 0.606. The lowest BCUT2D eigenvalue weighted by Gasteiger charge is -2.46. The van der Waals surface area contributed by atoms with Crippen molar-refractivity contribution in [2.45, 2.75) is 60.2 Å². The van der Waals surface area contributed by atoms with Gasteiger partial charge in [0.05, 0.1) is 12.2 Å². The van der Waals surface area contributed by atoms with Crippen LogP contribution in [0, 0.1) is 17.3 Å². The van der Waals surface area contributed by atoms with E-state index in [1.165, 1.54) is 6.42 Å². The van der Waals surface area contributed by atoms with Gasteiger partial charge in [-0.25, -0.2) is 0 Å². The zero-order valence-electron chi connectivity index (χ0n) is 9.92. The molecule has 0 radical (unpaired) electrons. The molecular weight excluding hydrogens is 160 g/mol. The number of hydrogen-bond donors (Lipinski definition) is 0. The fourth-order valence-corrected chi connectivity index (χ4v) is 2.17. The van der Waals surface area contributed by atoms with Crippen LogP contribution in [0.4, 0.5) is 0 Å². The van der Waals surface area contributed by atoms with Gasteiger partial charge in [-0.05, 0) is 30.6 Å². The molecule has 0 spiro atoms. The van der Waals surface area contributed by atoms with E-state index in [-0.39, 0.29) is 0 Å². The van der Waals surface area contributed by atoms with Crippen LogP contribution in [0.3, 0.4) is 0 Å². The predicted molar refractivity (Wildman–Crippen MR) is 56.7 cm³/mol. The van der Waals surface area contributed by atoms with Gasteiger partial charge in [-0.3, -0.25) is 0 Å². The summed E-state index contributed by atoms with van der Waals surface area (Å²) in [6.07, 6.45) is 2.08. The van der Waals surface area contributed by atoms with Crippen LogP contribution in [0.15, 0.2) is 0 Å². The van der Waals surface area contributed by atoms with Gasteiger partial charge in [-0.15, -0.1) is 0 Å². The zero-order valence-corrected chi connectivity index (χ0v) is 9.92. The van der Waals surface area contributed by atoms with Gasteiger partial charge in [0, 0.05) is 0 Å². The first-order valence-corrected chi connectivity index (χ1v) is 5.50. The maximum atomic E-state index is 6.00. The van der Waals surface area contributed by atoms with E-state index in [1.54, 1.807) is 0 Å². The summed E-state index contributed by atoms with van der Waals surface area (Å²) < 4.78 is 6.00. The Kier molecular flexibility index (Phi) is 3.06. The van der Waals surface area contributed by atoms with E-state index >= 15 is 0 Å². The van der Waals surface area contributed by atoms with E-state index in [0.29, 0.717) is 29.5 Å². The minimum atomic E-state index is 0.413. The van der Waals surface area contributed by atoms with Crippen LogP contribution in [0.25, 0.3) is 0 Å². The highest BCUT2D eigenvalue weighted by Crippen LogP contribution is 2.42. The highest BCUT2D eigenvalue weighted by Gasteiger charge is 2.39. The van der Waals surface area contributed by atoms with Crippen LogP contribution in [-0.4, -0.2) is 12.2 Å². The summed E-state index contributed by atoms with van der Waals surface area (Å²) in [4.78, 5) is 0. The molecule has 0 N–H and O–H groups in total.